The van der Waals surface area contributed by atoms with E-state index in [1.54, 1.807) is 61.8 Å². The highest BCUT2D eigenvalue weighted by Crippen LogP contribution is 2.41. The van der Waals surface area contributed by atoms with Crippen molar-refractivity contribution in [3.63, 3.8) is 0 Å². The summed E-state index contributed by atoms with van der Waals surface area (Å²) in [6.07, 6.45) is 4.95. The van der Waals surface area contributed by atoms with Crippen molar-refractivity contribution in [2.75, 3.05) is 30.0 Å². The fourth-order valence-corrected chi connectivity index (χ4v) is 7.70. The summed E-state index contributed by atoms with van der Waals surface area (Å²) in [5.41, 5.74) is 3.44. The summed E-state index contributed by atoms with van der Waals surface area (Å²) < 4.78 is 40.5. The van der Waals surface area contributed by atoms with Crippen molar-refractivity contribution < 1.29 is 22.7 Å². The van der Waals surface area contributed by atoms with E-state index in [0.717, 1.165) is 28.7 Å². The average molecular weight is 601 g/mol. The highest BCUT2D eigenvalue weighted by atomic mass is 32.2. The molecule has 11 heteroatoms. The lowest BCUT2D eigenvalue weighted by Crippen LogP contribution is -2.35. The number of hydrogen-bond acceptors (Lipinski definition) is 8. The van der Waals surface area contributed by atoms with Crippen molar-refractivity contribution in [3.05, 3.63) is 102 Å². The monoisotopic (exact) mass is 600 g/mol. The van der Waals surface area contributed by atoms with E-state index in [9.17, 15) is 13.2 Å². The second-order valence-corrected chi connectivity index (χ2v) is 12.6. The van der Waals surface area contributed by atoms with Gasteiger partial charge in [-0.15, -0.1) is 0 Å². The number of methoxy groups -OCH3 is 2. The first-order chi connectivity index (χ1) is 20.4. The van der Waals surface area contributed by atoms with Gasteiger partial charge in [-0.25, -0.2) is 13.4 Å². The van der Waals surface area contributed by atoms with Crippen LogP contribution in [0.15, 0.2) is 90.1 Å². The van der Waals surface area contributed by atoms with Gasteiger partial charge in [-0.1, -0.05) is 35.6 Å². The van der Waals surface area contributed by atoms with Gasteiger partial charge in [0.05, 0.1) is 31.3 Å². The standard InChI is InChI=1S/C31H28N4O5S2/c1-39-26-15-16-27(40-2)29-28(26)33-31(41-29)34(20-21-7-5-17-32-19-21)30(36)23-11-13-24(14-12-23)42(37,38)35-18-6-9-22-8-3-4-10-25(22)35/h3-5,7-8,10-17,19H,6,9,18,20H2,1-2H3. The third kappa shape index (κ3) is 5.05. The molecule has 1 aliphatic heterocycles. The van der Waals surface area contributed by atoms with Crippen LogP contribution < -0.4 is 18.7 Å². The molecule has 0 saturated carbocycles. The maximum atomic E-state index is 14.0. The Morgan fingerprint density at radius 2 is 1.74 bits per heavy atom. The molecule has 0 bridgehead atoms. The molecule has 0 unspecified atom stereocenters. The average Bonchev–Trinajstić information content (AvgIpc) is 3.48. The van der Waals surface area contributed by atoms with Crippen LogP contribution in [0.5, 0.6) is 11.5 Å². The van der Waals surface area contributed by atoms with E-state index in [4.69, 9.17) is 14.5 Å². The van der Waals surface area contributed by atoms with E-state index in [1.165, 1.54) is 27.8 Å². The molecular formula is C31H28N4O5S2. The Kier molecular flexibility index (Phi) is 7.53. The van der Waals surface area contributed by atoms with Gasteiger partial charge < -0.3 is 9.47 Å². The zero-order valence-corrected chi connectivity index (χ0v) is 24.7. The number of aryl methyl sites for hydroxylation is 1. The molecule has 2 aromatic heterocycles. The van der Waals surface area contributed by atoms with Crippen LogP contribution in [0, 0.1) is 0 Å². The third-order valence-corrected chi connectivity index (χ3v) is 10.1. The lowest BCUT2D eigenvalue weighted by Gasteiger charge is -2.30. The van der Waals surface area contributed by atoms with Gasteiger partial charge in [-0.3, -0.25) is 19.0 Å². The van der Waals surface area contributed by atoms with Crippen molar-refractivity contribution in [1.29, 1.82) is 0 Å². The Labute approximate surface area is 248 Å². The lowest BCUT2D eigenvalue weighted by molar-refractivity contribution is 0.0985. The number of ether oxygens (including phenoxy) is 2. The molecule has 0 saturated heterocycles. The number of pyridine rings is 1. The second-order valence-electron chi connectivity index (χ2n) is 9.73. The summed E-state index contributed by atoms with van der Waals surface area (Å²) in [5, 5.41) is 0.447. The predicted octanol–water partition coefficient (Wildman–Crippen LogP) is 5.70. The van der Waals surface area contributed by atoms with Crippen LogP contribution in [0.2, 0.25) is 0 Å². The van der Waals surface area contributed by atoms with E-state index in [1.807, 2.05) is 30.3 Å². The van der Waals surface area contributed by atoms with Crippen LogP contribution in [0.25, 0.3) is 10.2 Å². The number of carbonyl (C=O) groups excluding carboxylic acids is 1. The molecule has 1 aliphatic rings. The summed E-state index contributed by atoms with van der Waals surface area (Å²) in [5.74, 6) is 0.858. The quantitative estimate of drug-likeness (QED) is 0.225. The van der Waals surface area contributed by atoms with Crippen LogP contribution in [-0.2, 0) is 23.0 Å². The van der Waals surface area contributed by atoms with Crippen LogP contribution in [0.3, 0.4) is 0 Å². The number of carbonyl (C=O) groups is 1. The molecule has 9 nitrogen and oxygen atoms in total. The Morgan fingerprint density at radius 1 is 0.976 bits per heavy atom. The number of sulfonamides is 1. The minimum atomic E-state index is -3.81. The molecule has 5 aromatic rings. The third-order valence-electron chi connectivity index (χ3n) is 7.20. The number of amides is 1. The molecule has 6 rings (SSSR count). The van der Waals surface area contributed by atoms with Gasteiger partial charge in [0.25, 0.3) is 15.9 Å². The molecule has 1 amide bonds. The number of para-hydroxylation sites is 1. The minimum Gasteiger partial charge on any atom is -0.495 e. The van der Waals surface area contributed by atoms with Gasteiger partial charge >= 0.3 is 0 Å². The zero-order chi connectivity index (χ0) is 29.3. The highest BCUT2D eigenvalue weighted by molar-refractivity contribution is 7.92. The zero-order valence-electron chi connectivity index (χ0n) is 23.1. The summed E-state index contributed by atoms with van der Waals surface area (Å²) >= 11 is 1.31. The van der Waals surface area contributed by atoms with Gasteiger partial charge in [-0.2, -0.15) is 0 Å². The largest absolute Gasteiger partial charge is 0.495 e. The van der Waals surface area contributed by atoms with E-state index in [0.29, 0.717) is 39.9 Å². The Hall–Kier alpha value is -4.48. The lowest BCUT2D eigenvalue weighted by atomic mass is 10.0. The highest BCUT2D eigenvalue weighted by Gasteiger charge is 2.30. The molecule has 0 fully saturated rings. The molecule has 0 radical (unpaired) electrons. The maximum absolute atomic E-state index is 14.0. The first-order valence-electron chi connectivity index (χ1n) is 13.3. The normalized spacial score (nSPS) is 13.0. The van der Waals surface area contributed by atoms with E-state index >= 15 is 0 Å². The van der Waals surface area contributed by atoms with Gasteiger partial charge in [-0.05, 0) is 72.5 Å². The van der Waals surface area contributed by atoms with Crippen LogP contribution >= 0.6 is 11.3 Å². The minimum absolute atomic E-state index is 0.129. The van der Waals surface area contributed by atoms with Gasteiger partial charge in [0.15, 0.2) is 5.13 Å². The smallest absolute Gasteiger partial charge is 0.264 e. The second kappa shape index (κ2) is 11.4. The molecule has 0 atom stereocenters. The summed E-state index contributed by atoms with van der Waals surface area (Å²) in [4.78, 5) is 24.7. The molecule has 0 aliphatic carbocycles. The van der Waals surface area contributed by atoms with E-state index in [2.05, 4.69) is 4.98 Å². The maximum Gasteiger partial charge on any atom is 0.264 e. The number of aromatic nitrogens is 2. The Morgan fingerprint density at radius 3 is 2.48 bits per heavy atom. The van der Waals surface area contributed by atoms with Gasteiger partial charge in [0, 0.05) is 24.5 Å². The molecule has 3 heterocycles. The van der Waals surface area contributed by atoms with E-state index < -0.39 is 10.0 Å². The number of hydrogen-bond donors (Lipinski definition) is 0. The number of fused-ring (bicyclic) bond motifs is 2. The number of benzene rings is 3. The van der Waals surface area contributed by atoms with E-state index in [-0.39, 0.29) is 17.3 Å². The first-order valence-corrected chi connectivity index (χ1v) is 15.6. The number of nitrogens with zero attached hydrogens (tertiary/aromatic N) is 4. The summed E-state index contributed by atoms with van der Waals surface area (Å²) in [6, 6.07) is 20.9. The van der Waals surface area contributed by atoms with Crippen molar-refractivity contribution in [2.45, 2.75) is 24.3 Å². The SMILES string of the molecule is COc1ccc(OC)c2sc(N(Cc3cccnc3)C(=O)c3ccc(S(=O)(=O)N4CCCc5ccccc54)cc3)nc12. The van der Waals surface area contributed by atoms with Crippen LogP contribution in [-0.4, -0.2) is 45.1 Å². The number of rotatable bonds is 8. The van der Waals surface area contributed by atoms with Crippen molar-refractivity contribution >= 4 is 48.3 Å². The molecule has 42 heavy (non-hydrogen) atoms. The van der Waals surface area contributed by atoms with Crippen molar-refractivity contribution in [3.8, 4) is 11.5 Å². The molecular weight excluding hydrogens is 572 g/mol. The van der Waals surface area contributed by atoms with Gasteiger partial charge in [0.1, 0.15) is 21.7 Å². The summed E-state index contributed by atoms with van der Waals surface area (Å²) in [6.45, 7) is 0.616. The fourth-order valence-electron chi connectivity index (χ4n) is 5.09. The fraction of sp³-hybridized carbons (Fsp3) is 0.194. The molecule has 214 valence electrons. The summed E-state index contributed by atoms with van der Waals surface area (Å²) in [7, 11) is -0.662. The van der Waals surface area contributed by atoms with Crippen molar-refractivity contribution in [2.24, 2.45) is 0 Å². The topological polar surface area (TPSA) is 102 Å². The predicted molar refractivity (Wildman–Crippen MR) is 163 cm³/mol. The molecule has 0 spiro atoms. The number of thiazole rings is 1. The van der Waals surface area contributed by atoms with Crippen molar-refractivity contribution in [1.82, 2.24) is 9.97 Å². The molecule has 0 N–H and O–H groups in total. The number of anilines is 2. The van der Waals surface area contributed by atoms with Crippen LogP contribution in [0.4, 0.5) is 10.8 Å². The molecule has 3 aromatic carbocycles. The van der Waals surface area contributed by atoms with Gasteiger partial charge in [0.2, 0.25) is 0 Å². The Bertz CT molecular complexity index is 1820. The Balaban J connectivity index is 1.36. The van der Waals surface area contributed by atoms with Crippen LogP contribution in [0.1, 0.15) is 27.9 Å². The first kappa shape index (κ1) is 27.7.